The zero-order valence-corrected chi connectivity index (χ0v) is 12.1. The van der Waals surface area contributed by atoms with E-state index in [2.05, 4.69) is 0 Å². The summed E-state index contributed by atoms with van der Waals surface area (Å²) in [5.41, 5.74) is -0.146. The second kappa shape index (κ2) is 5.69. The molecule has 2 rings (SSSR count). The maximum Gasteiger partial charge on any atom is 0.335 e. The molecule has 0 radical (unpaired) electrons. The predicted octanol–water partition coefficient (Wildman–Crippen LogP) is 1.18. The Morgan fingerprint density at radius 3 is 2.75 bits per heavy atom. The number of carboxylic acids is 1. The number of sulfonamides is 1. The van der Waals surface area contributed by atoms with Gasteiger partial charge in [-0.25, -0.2) is 13.2 Å². The van der Waals surface area contributed by atoms with E-state index in [1.165, 1.54) is 16.4 Å². The van der Waals surface area contributed by atoms with Crippen LogP contribution in [0.1, 0.15) is 23.2 Å². The summed E-state index contributed by atoms with van der Waals surface area (Å²) in [6.07, 6.45) is 1.23. The Bertz CT molecular complexity index is 631. The van der Waals surface area contributed by atoms with E-state index < -0.39 is 22.0 Å². The van der Waals surface area contributed by atoms with Crippen LogP contribution in [0.2, 0.25) is 5.02 Å². The van der Waals surface area contributed by atoms with Crippen molar-refractivity contribution in [2.75, 3.05) is 13.2 Å². The Morgan fingerprint density at radius 1 is 1.45 bits per heavy atom. The highest BCUT2D eigenvalue weighted by Crippen LogP contribution is 2.30. The summed E-state index contributed by atoms with van der Waals surface area (Å²) in [5, 5.41) is 18.1. The van der Waals surface area contributed by atoms with E-state index in [0.717, 1.165) is 6.07 Å². The lowest BCUT2D eigenvalue weighted by Crippen LogP contribution is -2.37. The fourth-order valence-corrected chi connectivity index (χ4v) is 4.46. The number of aromatic carboxylic acids is 1. The molecule has 1 saturated heterocycles. The van der Waals surface area contributed by atoms with Gasteiger partial charge in [-0.3, -0.25) is 0 Å². The maximum atomic E-state index is 12.5. The molecule has 1 aliphatic rings. The first-order valence-corrected chi connectivity index (χ1v) is 7.85. The van der Waals surface area contributed by atoms with E-state index in [1.54, 1.807) is 0 Å². The highest BCUT2D eigenvalue weighted by atomic mass is 35.5. The van der Waals surface area contributed by atoms with Crippen LogP contribution in [0.25, 0.3) is 0 Å². The normalized spacial score (nSPS) is 20.2. The SMILES string of the molecule is O=C(O)c1ccc(Cl)c(S(=O)(=O)N2CCC[C@@H]2CO)c1. The Kier molecular flexibility index (Phi) is 4.33. The lowest BCUT2D eigenvalue weighted by atomic mass is 10.2. The molecule has 1 aromatic carbocycles. The van der Waals surface area contributed by atoms with Crippen molar-refractivity contribution in [2.24, 2.45) is 0 Å². The summed E-state index contributed by atoms with van der Waals surface area (Å²) >= 11 is 5.89. The second-order valence-corrected chi connectivity index (χ2v) is 6.81. The molecule has 1 heterocycles. The lowest BCUT2D eigenvalue weighted by molar-refractivity contribution is 0.0696. The number of hydrogen-bond acceptors (Lipinski definition) is 4. The smallest absolute Gasteiger partial charge is 0.335 e. The van der Waals surface area contributed by atoms with Gasteiger partial charge < -0.3 is 10.2 Å². The van der Waals surface area contributed by atoms with Crippen LogP contribution in [-0.4, -0.2) is 48.1 Å². The summed E-state index contributed by atoms with van der Waals surface area (Å²) < 4.78 is 26.3. The van der Waals surface area contributed by atoms with Gasteiger partial charge in [0.15, 0.2) is 0 Å². The van der Waals surface area contributed by atoms with Gasteiger partial charge in [0.05, 0.1) is 17.2 Å². The zero-order chi connectivity index (χ0) is 14.9. The third-order valence-corrected chi connectivity index (χ3v) is 5.73. The van der Waals surface area contributed by atoms with Gasteiger partial charge in [0.25, 0.3) is 0 Å². The maximum absolute atomic E-state index is 12.5. The van der Waals surface area contributed by atoms with Crippen molar-refractivity contribution < 1.29 is 23.4 Å². The first kappa shape index (κ1) is 15.2. The monoisotopic (exact) mass is 319 g/mol. The number of carboxylic acid groups (broad SMARTS) is 1. The first-order chi connectivity index (χ1) is 9.37. The lowest BCUT2D eigenvalue weighted by Gasteiger charge is -2.23. The average Bonchev–Trinajstić information content (AvgIpc) is 2.87. The van der Waals surface area contributed by atoms with Gasteiger partial charge in [-0.15, -0.1) is 0 Å². The molecule has 1 fully saturated rings. The van der Waals surface area contributed by atoms with E-state index >= 15 is 0 Å². The fraction of sp³-hybridized carbons (Fsp3) is 0.417. The van der Waals surface area contributed by atoms with Gasteiger partial charge in [-0.1, -0.05) is 11.6 Å². The number of hydrogen-bond donors (Lipinski definition) is 2. The Labute approximate surface area is 121 Å². The van der Waals surface area contributed by atoms with Gasteiger partial charge >= 0.3 is 5.97 Å². The number of carbonyl (C=O) groups is 1. The third-order valence-electron chi connectivity index (χ3n) is 3.30. The highest BCUT2D eigenvalue weighted by Gasteiger charge is 2.36. The van der Waals surface area contributed by atoms with Crippen LogP contribution in [-0.2, 0) is 10.0 Å². The fourth-order valence-electron chi connectivity index (χ4n) is 2.27. The number of halogens is 1. The summed E-state index contributed by atoms with van der Waals surface area (Å²) in [4.78, 5) is 10.7. The van der Waals surface area contributed by atoms with Gasteiger partial charge in [-0.05, 0) is 31.0 Å². The van der Waals surface area contributed by atoms with Crippen LogP contribution in [0.5, 0.6) is 0 Å². The molecule has 6 nitrogen and oxygen atoms in total. The van der Waals surface area contributed by atoms with Crippen LogP contribution < -0.4 is 0 Å². The van der Waals surface area contributed by atoms with Gasteiger partial charge in [-0.2, -0.15) is 4.31 Å². The first-order valence-electron chi connectivity index (χ1n) is 6.03. The van der Waals surface area contributed by atoms with Crippen LogP contribution in [0.15, 0.2) is 23.1 Å². The van der Waals surface area contributed by atoms with Gasteiger partial charge in [0.2, 0.25) is 10.0 Å². The minimum Gasteiger partial charge on any atom is -0.478 e. The summed E-state index contributed by atoms with van der Waals surface area (Å²) in [7, 11) is -3.91. The molecule has 8 heteroatoms. The molecular weight excluding hydrogens is 306 g/mol. The molecule has 110 valence electrons. The van der Waals surface area contributed by atoms with E-state index in [1.807, 2.05) is 0 Å². The van der Waals surface area contributed by atoms with Crippen molar-refractivity contribution in [1.82, 2.24) is 4.31 Å². The predicted molar refractivity (Wildman–Crippen MR) is 72.4 cm³/mol. The van der Waals surface area contributed by atoms with E-state index in [-0.39, 0.29) is 22.1 Å². The number of rotatable bonds is 4. The van der Waals surface area contributed by atoms with E-state index in [4.69, 9.17) is 16.7 Å². The molecule has 1 aliphatic heterocycles. The second-order valence-electron chi connectivity index (χ2n) is 4.54. The molecule has 20 heavy (non-hydrogen) atoms. The Hall–Kier alpha value is -1.15. The molecule has 2 N–H and O–H groups in total. The van der Waals surface area contributed by atoms with Crippen molar-refractivity contribution >= 4 is 27.6 Å². The summed E-state index contributed by atoms with van der Waals surface area (Å²) in [6, 6.07) is 3.07. The van der Waals surface area contributed by atoms with Crippen LogP contribution in [0.4, 0.5) is 0 Å². The number of aliphatic hydroxyl groups excluding tert-OH is 1. The Balaban J connectivity index is 2.48. The van der Waals surface area contributed by atoms with Crippen molar-refractivity contribution in [1.29, 1.82) is 0 Å². The minimum absolute atomic E-state index is 0.0291. The van der Waals surface area contributed by atoms with E-state index in [9.17, 15) is 18.3 Å². The van der Waals surface area contributed by atoms with Crippen LogP contribution in [0, 0.1) is 0 Å². The zero-order valence-electron chi connectivity index (χ0n) is 10.5. The molecule has 0 saturated carbocycles. The topological polar surface area (TPSA) is 94.9 Å². The van der Waals surface area contributed by atoms with Crippen molar-refractivity contribution in [2.45, 2.75) is 23.8 Å². The minimum atomic E-state index is -3.91. The van der Waals surface area contributed by atoms with Crippen LogP contribution in [0.3, 0.4) is 0 Å². The van der Waals surface area contributed by atoms with Crippen molar-refractivity contribution in [3.05, 3.63) is 28.8 Å². The number of aliphatic hydroxyl groups is 1. The molecule has 0 aliphatic carbocycles. The van der Waals surface area contributed by atoms with Crippen LogP contribution >= 0.6 is 11.6 Å². The molecule has 0 spiro atoms. The van der Waals surface area contributed by atoms with Gasteiger partial charge in [0.1, 0.15) is 4.90 Å². The molecule has 0 amide bonds. The van der Waals surface area contributed by atoms with Crippen molar-refractivity contribution in [3.63, 3.8) is 0 Å². The molecule has 1 atom stereocenters. The summed E-state index contributed by atoms with van der Waals surface area (Å²) in [5.74, 6) is -1.22. The summed E-state index contributed by atoms with van der Waals surface area (Å²) in [6.45, 7) is 0.0245. The highest BCUT2D eigenvalue weighted by molar-refractivity contribution is 7.89. The molecule has 0 aromatic heterocycles. The third kappa shape index (κ3) is 2.67. The number of nitrogens with zero attached hydrogens (tertiary/aromatic N) is 1. The molecule has 1 aromatic rings. The largest absolute Gasteiger partial charge is 0.478 e. The standard InChI is InChI=1S/C12H14ClNO5S/c13-10-4-3-8(12(16)17)6-11(10)20(18,19)14-5-1-2-9(14)7-15/h3-4,6,9,15H,1-2,5,7H2,(H,16,17)/t9-/m1/s1. The molecule has 0 unspecified atom stereocenters. The number of benzene rings is 1. The van der Waals surface area contributed by atoms with Gasteiger partial charge in [0, 0.05) is 12.6 Å². The average molecular weight is 320 g/mol. The quantitative estimate of drug-likeness (QED) is 0.869. The molecular formula is C12H14ClNO5S. The molecule has 0 bridgehead atoms. The Morgan fingerprint density at radius 2 is 2.15 bits per heavy atom. The van der Waals surface area contributed by atoms with Crippen molar-refractivity contribution in [3.8, 4) is 0 Å². The van der Waals surface area contributed by atoms with E-state index in [0.29, 0.717) is 19.4 Å².